The summed E-state index contributed by atoms with van der Waals surface area (Å²) in [5.41, 5.74) is 0.881. The summed E-state index contributed by atoms with van der Waals surface area (Å²) < 4.78 is 9.40. The van der Waals surface area contributed by atoms with E-state index in [0.717, 1.165) is 10.9 Å². The van der Waals surface area contributed by atoms with E-state index < -0.39 is 11.6 Å². The van der Waals surface area contributed by atoms with Gasteiger partial charge in [-0.3, -0.25) is 9.59 Å². The highest BCUT2D eigenvalue weighted by Gasteiger charge is 2.03. The van der Waals surface area contributed by atoms with Gasteiger partial charge >= 0.3 is 11.6 Å². The van der Waals surface area contributed by atoms with E-state index in [1.807, 2.05) is 6.92 Å². The van der Waals surface area contributed by atoms with Gasteiger partial charge in [-0.1, -0.05) is 0 Å². The summed E-state index contributed by atoms with van der Waals surface area (Å²) in [4.78, 5) is 31.6. The monoisotopic (exact) mass is 306 g/mol. The van der Waals surface area contributed by atoms with Crippen molar-refractivity contribution in [2.75, 3.05) is 6.61 Å². The van der Waals surface area contributed by atoms with Crippen molar-refractivity contribution in [2.24, 2.45) is 0 Å². The van der Waals surface area contributed by atoms with Gasteiger partial charge in [-0.2, -0.15) is 0 Å². The van der Waals surface area contributed by atoms with Crippen molar-refractivity contribution >= 4 is 22.7 Å². The third-order valence-corrected chi connectivity index (χ3v) is 2.63. The lowest BCUT2D eigenvalue weighted by molar-refractivity contribution is -0.145. The molecule has 22 heavy (non-hydrogen) atoms. The summed E-state index contributed by atoms with van der Waals surface area (Å²) in [7, 11) is 0. The highest BCUT2D eigenvalue weighted by Crippen LogP contribution is 2.20. The van der Waals surface area contributed by atoms with Crippen LogP contribution in [0.4, 0.5) is 0 Å². The van der Waals surface area contributed by atoms with Crippen molar-refractivity contribution in [3.63, 3.8) is 0 Å². The number of benzene rings is 1. The van der Waals surface area contributed by atoms with E-state index in [0.29, 0.717) is 12.2 Å². The summed E-state index contributed by atoms with van der Waals surface area (Å²) in [5.74, 6) is -0.500. The third-order valence-electron chi connectivity index (χ3n) is 2.63. The SMILES string of the molecule is CCOC(=O)CC(C)=O.Cc1cc(=O)oc2cc(O)ccc12. The number of carbonyl (C=O) groups excluding carboxylic acids is 2. The van der Waals surface area contributed by atoms with E-state index >= 15 is 0 Å². The van der Waals surface area contributed by atoms with Gasteiger partial charge in [0.2, 0.25) is 0 Å². The fourth-order valence-corrected chi connectivity index (χ4v) is 1.73. The first-order valence-electron chi connectivity index (χ1n) is 6.72. The van der Waals surface area contributed by atoms with Gasteiger partial charge in [0.15, 0.2) is 0 Å². The Bertz CT molecular complexity index is 729. The van der Waals surface area contributed by atoms with E-state index in [2.05, 4.69) is 4.74 Å². The molecule has 0 atom stereocenters. The smallest absolute Gasteiger partial charge is 0.336 e. The van der Waals surface area contributed by atoms with Crippen molar-refractivity contribution in [1.29, 1.82) is 0 Å². The molecule has 1 aromatic heterocycles. The maximum atomic E-state index is 11.0. The van der Waals surface area contributed by atoms with Gasteiger partial charge in [-0.05, 0) is 38.5 Å². The summed E-state index contributed by atoms with van der Waals surface area (Å²) in [6.45, 7) is 5.23. The van der Waals surface area contributed by atoms with Gasteiger partial charge in [0.1, 0.15) is 23.5 Å². The molecule has 2 rings (SSSR count). The van der Waals surface area contributed by atoms with Crippen LogP contribution < -0.4 is 5.63 Å². The molecule has 0 saturated carbocycles. The van der Waals surface area contributed by atoms with Crippen molar-refractivity contribution in [3.05, 3.63) is 40.2 Å². The number of hydrogen-bond acceptors (Lipinski definition) is 6. The Balaban J connectivity index is 0.000000239. The number of fused-ring (bicyclic) bond motifs is 1. The molecule has 0 saturated heterocycles. The molecule has 1 N–H and O–H groups in total. The predicted molar refractivity (Wildman–Crippen MR) is 80.8 cm³/mol. The van der Waals surface area contributed by atoms with E-state index in [-0.39, 0.29) is 18.0 Å². The van der Waals surface area contributed by atoms with Gasteiger partial charge in [0, 0.05) is 17.5 Å². The van der Waals surface area contributed by atoms with Gasteiger partial charge in [-0.25, -0.2) is 4.79 Å². The normalized spacial score (nSPS) is 9.77. The number of rotatable bonds is 3. The number of phenols is 1. The Hall–Kier alpha value is -2.63. The minimum Gasteiger partial charge on any atom is -0.508 e. The number of aromatic hydroxyl groups is 1. The fraction of sp³-hybridized carbons (Fsp3) is 0.312. The molecule has 1 aromatic carbocycles. The highest BCUT2D eigenvalue weighted by molar-refractivity contribution is 5.94. The van der Waals surface area contributed by atoms with Crippen LogP contribution >= 0.6 is 0 Å². The molecule has 118 valence electrons. The minimum absolute atomic E-state index is 0.0984. The molecule has 0 fully saturated rings. The molecule has 0 aliphatic carbocycles. The molecule has 6 nitrogen and oxygen atoms in total. The molecule has 0 unspecified atom stereocenters. The summed E-state index contributed by atoms with van der Waals surface area (Å²) in [6, 6.07) is 6.15. The molecule has 0 spiro atoms. The Morgan fingerprint density at radius 1 is 1.27 bits per heavy atom. The van der Waals surface area contributed by atoms with E-state index in [9.17, 15) is 14.4 Å². The number of hydrogen-bond donors (Lipinski definition) is 1. The van der Waals surface area contributed by atoms with Gasteiger partial charge in [-0.15, -0.1) is 0 Å². The topological polar surface area (TPSA) is 93.8 Å². The summed E-state index contributed by atoms with van der Waals surface area (Å²) in [6.07, 6.45) is -0.103. The number of phenolic OH excluding ortho intramolecular Hbond substituents is 1. The van der Waals surface area contributed by atoms with Crippen molar-refractivity contribution in [2.45, 2.75) is 27.2 Å². The Kier molecular flexibility index (Phi) is 6.31. The first-order chi connectivity index (χ1) is 10.3. The summed E-state index contributed by atoms with van der Waals surface area (Å²) >= 11 is 0. The van der Waals surface area contributed by atoms with Crippen LogP contribution in [0, 0.1) is 6.92 Å². The first-order valence-corrected chi connectivity index (χ1v) is 6.72. The number of aryl methyl sites for hydroxylation is 1. The number of ether oxygens (including phenoxy) is 1. The zero-order valence-corrected chi connectivity index (χ0v) is 12.7. The maximum absolute atomic E-state index is 11.0. The molecule has 0 radical (unpaired) electrons. The third kappa shape index (κ3) is 5.40. The number of Topliss-reactive ketones (excluding diaryl/α,β-unsaturated/α-hetero) is 1. The maximum Gasteiger partial charge on any atom is 0.336 e. The molecular formula is C16H18O6. The van der Waals surface area contributed by atoms with Crippen molar-refractivity contribution in [3.8, 4) is 5.75 Å². The van der Waals surface area contributed by atoms with E-state index in [4.69, 9.17) is 9.52 Å². The molecule has 0 aliphatic rings. The van der Waals surface area contributed by atoms with Crippen molar-refractivity contribution in [1.82, 2.24) is 0 Å². The average molecular weight is 306 g/mol. The lowest BCUT2D eigenvalue weighted by Crippen LogP contribution is -2.07. The molecule has 6 heteroatoms. The van der Waals surface area contributed by atoms with Crippen LogP contribution in [0.5, 0.6) is 5.75 Å². The second-order valence-corrected chi connectivity index (χ2v) is 4.61. The van der Waals surface area contributed by atoms with Crippen molar-refractivity contribution < 1.29 is 23.8 Å². The van der Waals surface area contributed by atoms with Gasteiger partial charge in [0.25, 0.3) is 0 Å². The standard InChI is InChI=1S/C10H8O3.C6H10O3/c1-6-4-10(12)13-9-5-7(11)2-3-8(6)9;1-3-9-6(8)4-5(2)7/h2-5,11H,1H3;3-4H2,1-2H3. The summed E-state index contributed by atoms with van der Waals surface area (Å²) in [5, 5.41) is 9.99. The predicted octanol–water partition coefficient (Wildman–Crippen LogP) is 2.34. The first kappa shape index (κ1) is 17.4. The van der Waals surface area contributed by atoms with E-state index in [1.165, 1.54) is 19.1 Å². The Labute approximate surface area is 127 Å². The molecule has 2 aromatic rings. The Morgan fingerprint density at radius 3 is 2.55 bits per heavy atom. The lowest BCUT2D eigenvalue weighted by Gasteiger charge is -1.99. The van der Waals surface area contributed by atoms with Gasteiger partial charge < -0.3 is 14.3 Å². The largest absolute Gasteiger partial charge is 0.508 e. The molecule has 0 aliphatic heterocycles. The molecule has 0 amide bonds. The van der Waals surface area contributed by atoms with E-state index in [1.54, 1.807) is 19.1 Å². The number of esters is 1. The zero-order valence-electron chi connectivity index (χ0n) is 12.7. The van der Waals surface area contributed by atoms with Crippen LogP contribution in [0.1, 0.15) is 25.8 Å². The second-order valence-electron chi connectivity index (χ2n) is 4.61. The highest BCUT2D eigenvalue weighted by atomic mass is 16.5. The van der Waals surface area contributed by atoms with Crippen LogP contribution in [0.2, 0.25) is 0 Å². The number of ketones is 1. The fourth-order valence-electron chi connectivity index (χ4n) is 1.73. The second kappa shape index (κ2) is 7.97. The zero-order chi connectivity index (χ0) is 16.7. The molecular weight excluding hydrogens is 288 g/mol. The Morgan fingerprint density at radius 2 is 1.95 bits per heavy atom. The van der Waals surface area contributed by atoms with Crippen LogP contribution in [-0.4, -0.2) is 23.5 Å². The molecule has 1 heterocycles. The van der Waals surface area contributed by atoms with Gasteiger partial charge in [0.05, 0.1) is 6.61 Å². The average Bonchev–Trinajstić information content (AvgIpc) is 2.37. The molecule has 0 bridgehead atoms. The minimum atomic E-state index is -0.440. The lowest BCUT2D eigenvalue weighted by atomic mass is 10.1. The van der Waals surface area contributed by atoms with Crippen LogP contribution in [0.25, 0.3) is 11.0 Å². The van der Waals surface area contributed by atoms with Crippen LogP contribution in [0.15, 0.2) is 33.5 Å². The van der Waals surface area contributed by atoms with Crippen LogP contribution in [-0.2, 0) is 14.3 Å². The van der Waals surface area contributed by atoms with Crippen LogP contribution in [0.3, 0.4) is 0 Å². The quantitative estimate of drug-likeness (QED) is 0.531. The number of carbonyl (C=O) groups is 2.